The Balaban J connectivity index is 2.13. The zero-order valence-electron chi connectivity index (χ0n) is 9.35. The highest BCUT2D eigenvalue weighted by molar-refractivity contribution is 5.61. The van der Waals surface area contributed by atoms with E-state index in [-0.39, 0.29) is 0 Å². The maximum absolute atomic E-state index is 4.32. The Hall–Kier alpha value is -1.23. The molecule has 0 amide bonds. The molecule has 0 unspecified atom stereocenters. The first kappa shape index (κ1) is 10.3. The van der Waals surface area contributed by atoms with Gasteiger partial charge in [-0.2, -0.15) is 4.80 Å². The van der Waals surface area contributed by atoms with Gasteiger partial charge < -0.3 is 0 Å². The second-order valence-corrected chi connectivity index (χ2v) is 3.69. The van der Waals surface area contributed by atoms with Gasteiger partial charge in [-0.25, -0.2) is 0 Å². The molecule has 0 atom stereocenters. The third kappa shape index (κ3) is 2.23. The van der Waals surface area contributed by atoms with Gasteiger partial charge in [-0.3, -0.25) is 4.90 Å². The molecule has 0 N–H and O–H groups in total. The van der Waals surface area contributed by atoms with E-state index < -0.39 is 0 Å². The topological polar surface area (TPSA) is 46.8 Å². The Kier molecular flexibility index (Phi) is 3.11. The predicted molar refractivity (Wildman–Crippen MR) is 58.2 cm³/mol. The van der Waals surface area contributed by atoms with Crippen LogP contribution in [0.4, 0.5) is 0 Å². The molecule has 15 heavy (non-hydrogen) atoms. The van der Waals surface area contributed by atoms with Crippen molar-refractivity contribution in [3.8, 4) is 0 Å². The standard InChI is InChI=1S/C10H17N5/c1-3-14-7-5-6-9(8-14)10-11-13-15(4-2)12-10/h6H,3-5,7-8H2,1-2H3. The molecule has 5 heteroatoms. The van der Waals surface area contributed by atoms with E-state index in [9.17, 15) is 0 Å². The summed E-state index contributed by atoms with van der Waals surface area (Å²) in [4.78, 5) is 4.02. The third-order valence-electron chi connectivity index (χ3n) is 2.70. The summed E-state index contributed by atoms with van der Waals surface area (Å²) in [7, 11) is 0. The number of aromatic nitrogens is 4. The van der Waals surface area contributed by atoms with E-state index in [4.69, 9.17) is 0 Å². The molecule has 2 heterocycles. The Labute approximate surface area is 89.8 Å². The lowest BCUT2D eigenvalue weighted by Crippen LogP contribution is -2.29. The highest BCUT2D eigenvalue weighted by Gasteiger charge is 2.15. The minimum atomic E-state index is 0.776. The van der Waals surface area contributed by atoms with Crippen molar-refractivity contribution in [2.24, 2.45) is 0 Å². The number of likely N-dealkylation sites (N-methyl/N-ethyl adjacent to an activating group) is 1. The summed E-state index contributed by atoms with van der Waals surface area (Å²) in [6, 6.07) is 0. The van der Waals surface area contributed by atoms with E-state index in [1.165, 1.54) is 5.57 Å². The highest BCUT2D eigenvalue weighted by Crippen LogP contribution is 2.16. The maximum atomic E-state index is 4.32. The van der Waals surface area contributed by atoms with E-state index in [1.54, 1.807) is 4.80 Å². The van der Waals surface area contributed by atoms with Crippen LogP contribution in [0.15, 0.2) is 6.08 Å². The summed E-state index contributed by atoms with van der Waals surface area (Å²) in [5.74, 6) is 0.787. The molecule has 2 rings (SSSR count). The molecule has 0 aromatic carbocycles. The molecule has 1 aliphatic heterocycles. The normalized spacial score (nSPS) is 17.9. The van der Waals surface area contributed by atoms with Gasteiger partial charge in [0.15, 0.2) is 0 Å². The van der Waals surface area contributed by atoms with Gasteiger partial charge in [0.05, 0.1) is 6.54 Å². The smallest absolute Gasteiger partial charge is 0.201 e. The summed E-state index contributed by atoms with van der Waals surface area (Å²) >= 11 is 0. The molecule has 0 radical (unpaired) electrons. The zero-order chi connectivity index (χ0) is 10.7. The average molecular weight is 207 g/mol. The lowest BCUT2D eigenvalue weighted by molar-refractivity contribution is 0.320. The van der Waals surface area contributed by atoms with Crippen LogP contribution >= 0.6 is 0 Å². The van der Waals surface area contributed by atoms with Crippen LogP contribution in [-0.4, -0.2) is 44.7 Å². The fraction of sp³-hybridized carbons (Fsp3) is 0.700. The van der Waals surface area contributed by atoms with Crippen molar-refractivity contribution in [1.82, 2.24) is 25.1 Å². The summed E-state index contributed by atoms with van der Waals surface area (Å²) in [6.45, 7) is 8.14. The first-order valence-electron chi connectivity index (χ1n) is 5.53. The van der Waals surface area contributed by atoms with E-state index in [2.05, 4.69) is 33.3 Å². The predicted octanol–water partition coefficient (Wildman–Crippen LogP) is 0.802. The number of rotatable bonds is 3. The van der Waals surface area contributed by atoms with Gasteiger partial charge in [-0.1, -0.05) is 13.0 Å². The van der Waals surface area contributed by atoms with Gasteiger partial charge in [0.1, 0.15) is 0 Å². The van der Waals surface area contributed by atoms with Crippen LogP contribution in [0, 0.1) is 0 Å². The molecular weight excluding hydrogens is 190 g/mol. The number of nitrogens with zero attached hydrogens (tertiary/aromatic N) is 5. The Morgan fingerprint density at radius 2 is 2.20 bits per heavy atom. The van der Waals surface area contributed by atoms with E-state index >= 15 is 0 Å². The quantitative estimate of drug-likeness (QED) is 0.735. The van der Waals surface area contributed by atoms with Crippen LogP contribution in [0.1, 0.15) is 26.1 Å². The first-order valence-corrected chi connectivity index (χ1v) is 5.53. The second-order valence-electron chi connectivity index (χ2n) is 3.69. The molecule has 82 valence electrons. The highest BCUT2D eigenvalue weighted by atomic mass is 15.6. The SMILES string of the molecule is CCN1CCC=C(c2nnn(CC)n2)C1. The minimum Gasteiger partial charge on any atom is -0.299 e. The van der Waals surface area contributed by atoms with Crippen molar-refractivity contribution in [3.05, 3.63) is 11.9 Å². The van der Waals surface area contributed by atoms with Gasteiger partial charge in [0, 0.05) is 18.7 Å². The molecule has 0 fully saturated rings. The number of hydrogen-bond donors (Lipinski definition) is 0. The third-order valence-corrected chi connectivity index (χ3v) is 2.70. The van der Waals surface area contributed by atoms with Crippen LogP contribution in [0.5, 0.6) is 0 Å². The fourth-order valence-corrected chi connectivity index (χ4v) is 1.74. The lowest BCUT2D eigenvalue weighted by atomic mass is 10.1. The molecular formula is C10H17N5. The summed E-state index contributed by atoms with van der Waals surface area (Å²) in [5.41, 5.74) is 1.21. The monoisotopic (exact) mass is 207 g/mol. The summed E-state index contributed by atoms with van der Waals surface area (Å²) < 4.78 is 0. The maximum Gasteiger partial charge on any atom is 0.201 e. The molecule has 0 saturated carbocycles. The largest absolute Gasteiger partial charge is 0.299 e. The van der Waals surface area contributed by atoms with Gasteiger partial charge in [0.2, 0.25) is 5.82 Å². The molecule has 5 nitrogen and oxygen atoms in total. The summed E-state index contributed by atoms with van der Waals surface area (Å²) in [6.07, 6.45) is 3.31. The van der Waals surface area contributed by atoms with Crippen LogP contribution < -0.4 is 0 Å². The van der Waals surface area contributed by atoms with Gasteiger partial charge >= 0.3 is 0 Å². The Morgan fingerprint density at radius 3 is 2.87 bits per heavy atom. The zero-order valence-corrected chi connectivity index (χ0v) is 9.35. The van der Waals surface area contributed by atoms with Gasteiger partial charge in [-0.15, -0.1) is 10.2 Å². The number of tetrazole rings is 1. The average Bonchev–Trinajstić information content (AvgIpc) is 2.78. The van der Waals surface area contributed by atoms with Gasteiger partial charge in [-0.05, 0) is 25.1 Å². The van der Waals surface area contributed by atoms with Crippen LogP contribution in [0.25, 0.3) is 5.57 Å². The van der Waals surface area contributed by atoms with Crippen LogP contribution in [0.2, 0.25) is 0 Å². The van der Waals surface area contributed by atoms with Crippen molar-refractivity contribution in [2.75, 3.05) is 19.6 Å². The molecule has 1 aromatic rings. The molecule has 1 aromatic heterocycles. The number of hydrogen-bond acceptors (Lipinski definition) is 4. The van der Waals surface area contributed by atoms with E-state index in [0.717, 1.165) is 38.4 Å². The molecule has 0 aliphatic carbocycles. The van der Waals surface area contributed by atoms with E-state index in [1.807, 2.05) is 6.92 Å². The van der Waals surface area contributed by atoms with Crippen molar-refractivity contribution in [2.45, 2.75) is 26.8 Å². The van der Waals surface area contributed by atoms with Crippen molar-refractivity contribution >= 4 is 5.57 Å². The Morgan fingerprint density at radius 1 is 1.33 bits per heavy atom. The first-order chi connectivity index (χ1) is 7.33. The number of aryl methyl sites for hydroxylation is 1. The Bertz CT molecular complexity index is 354. The summed E-state index contributed by atoms with van der Waals surface area (Å²) in [5, 5.41) is 12.4. The molecule has 0 spiro atoms. The second kappa shape index (κ2) is 4.53. The van der Waals surface area contributed by atoms with Gasteiger partial charge in [0.25, 0.3) is 0 Å². The fourth-order valence-electron chi connectivity index (χ4n) is 1.74. The molecule has 1 aliphatic rings. The minimum absolute atomic E-state index is 0.776. The van der Waals surface area contributed by atoms with Crippen molar-refractivity contribution < 1.29 is 0 Å². The van der Waals surface area contributed by atoms with Crippen molar-refractivity contribution in [1.29, 1.82) is 0 Å². The van der Waals surface area contributed by atoms with Crippen LogP contribution in [-0.2, 0) is 6.54 Å². The lowest BCUT2D eigenvalue weighted by Gasteiger charge is -2.24. The molecule has 0 saturated heterocycles. The van der Waals surface area contributed by atoms with Crippen molar-refractivity contribution in [3.63, 3.8) is 0 Å². The van der Waals surface area contributed by atoms with E-state index in [0.29, 0.717) is 0 Å². The van der Waals surface area contributed by atoms with Crippen LogP contribution in [0.3, 0.4) is 0 Å². The molecule has 0 bridgehead atoms.